The van der Waals surface area contributed by atoms with E-state index in [1.54, 1.807) is 20.8 Å². The molecule has 28 heavy (non-hydrogen) atoms. The van der Waals surface area contributed by atoms with Gasteiger partial charge in [0.25, 0.3) is 0 Å². The Morgan fingerprint density at radius 2 is 1.93 bits per heavy atom. The van der Waals surface area contributed by atoms with Crippen LogP contribution in [-0.2, 0) is 14.3 Å². The Hall–Kier alpha value is -1.73. The van der Waals surface area contributed by atoms with E-state index in [2.05, 4.69) is 5.32 Å². The van der Waals surface area contributed by atoms with Crippen molar-refractivity contribution < 1.29 is 24.2 Å². The number of carbonyl (C=O) groups excluding carboxylic acids is 2. The number of carbonyl (C=O) groups is 3. The van der Waals surface area contributed by atoms with E-state index in [1.807, 2.05) is 0 Å². The van der Waals surface area contributed by atoms with Gasteiger partial charge in [0, 0.05) is 13.1 Å². The molecule has 2 aliphatic rings. The van der Waals surface area contributed by atoms with Crippen molar-refractivity contribution in [1.29, 1.82) is 0 Å². The SMILES string of the molecule is [B]CC[C@@H]1CC[C@@H](CNC(=O)[C@@H]2CCCN2C(=O)OC(C)(C)C)[C@@H](C(=O)O)C1. The minimum absolute atomic E-state index is 0.0909. The third-order valence-corrected chi connectivity index (χ3v) is 5.72. The molecule has 0 aromatic carbocycles. The fourth-order valence-corrected chi connectivity index (χ4v) is 4.29. The number of carboxylic acid groups (broad SMARTS) is 1. The summed E-state index contributed by atoms with van der Waals surface area (Å²) < 4.78 is 5.40. The van der Waals surface area contributed by atoms with Gasteiger partial charge in [-0.2, -0.15) is 0 Å². The molecule has 1 aliphatic heterocycles. The normalized spacial score (nSPS) is 28.0. The molecule has 4 atom stereocenters. The molecule has 2 rings (SSSR count). The zero-order chi connectivity index (χ0) is 20.9. The van der Waals surface area contributed by atoms with E-state index in [0.29, 0.717) is 38.2 Å². The first-order valence-corrected chi connectivity index (χ1v) is 10.3. The van der Waals surface area contributed by atoms with Gasteiger partial charge in [0.1, 0.15) is 11.6 Å². The highest BCUT2D eigenvalue weighted by molar-refractivity contribution is 6.08. The van der Waals surface area contributed by atoms with Gasteiger partial charge < -0.3 is 15.2 Å². The van der Waals surface area contributed by atoms with Gasteiger partial charge in [-0.3, -0.25) is 14.5 Å². The Morgan fingerprint density at radius 1 is 1.21 bits per heavy atom. The Labute approximate surface area is 169 Å². The molecule has 0 unspecified atom stereocenters. The van der Waals surface area contributed by atoms with Crippen molar-refractivity contribution in [3.63, 3.8) is 0 Å². The van der Waals surface area contributed by atoms with Crippen molar-refractivity contribution in [2.45, 2.75) is 77.3 Å². The van der Waals surface area contributed by atoms with Gasteiger partial charge in [0.2, 0.25) is 5.91 Å². The molecule has 156 valence electrons. The number of hydrogen-bond acceptors (Lipinski definition) is 4. The summed E-state index contributed by atoms with van der Waals surface area (Å²) in [6.45, 7) is 6.20. The highest BCUT2D eigenvalue weighted by Gasteiger charge is 2.38. The first-order chi connectivity index (χ1) is 13.1. The minimum Gasteiger partial charge on any atom is -0.481 e. The van der Waals surface area contributed by atoms with Crippen molar-refractivity contribution >= 4 is 25.8 Å². The first-order valence-electron chi connectivity index (χ1n) is 10.3. The molecule has 0 spiro atoms. The molecule has 1 saturated heterocycles. The summed E-state index contributed by atoms with van der Waals surface area (Å²) in [7, 11) is 5.61. The number of carboxylic acids is 1. The summed E-state index contributed by atoms with van der Waals surface area (Å²) in [6, 6.07) is -0.549. The second-order valence-electron chi connectivity index (χ2n) is 9.04. The molecule has 2 radical (unpaired) electrons. The van der Waals surface area contributed by atoms with Crippen LogP contribution in [0, 0.1) is 17.8 Å². The standard InChI is InChI=1S/C20H33BN2O5/c1-20(2,3)28-19(27)23-10-4-5-16(23)17(24)22-12-14-7-6-13(8-9-21)11-15(14)18(25)26/h13-16H,4-12H2,1-3H3,(H,22,24)(H,25,26)/t13-,14-,15-,16-/m0/s1. The van der Waals surface area contributed by atoms with E-state index in [4.69, 9.17) is 12.6 Å². The molecule has 0 aromatic rings. The maximum atomic E-state index is 12.7. The zero-order valence-corrected chi connectivity index (χ0v) is 17.3. The van der Waals surface area contributed by atoms with Gasteiger partial charge in [-0.1, -0.05) is 19.2 Å². The van der Waals surface area contributed by atoms with Crippen molar-refractivity contribution in [3.8, 4) is 0 Å². The predicted octanol–water partition coefficient (Wildman–Crippen LogP) is 2.60. The van der Waals surface area contributed by atoms with Gasteiger partial charge in [-0.05, 0) is 58.3 Å². The highest BCUT2D eigenvalue weighted by atomic mass is 16.6. The summed E-state index contributed by atoms with van der Waals surface area (Å²) in [5, 5.41) is 12.5. The van der Waals surface area contributed by atoms with Crippen LogP contribution >= 0.6 is 0 Å². The summed E-state index contributed by atoms with van der Waals surface area (Å²) >= 11 is 0. The van der Waals surface area contributed by atoms with Gasteiger partial charge >= 0.3 is 12.1 Å². The van der Waals surface area contributed by atoms with E-state index in [1.165, 1.54) is 4.90 Å². The zero-order valence-electron chi connectivity index (χ0n) is 17.3. The lowest BCUT2D eigenvalue weighted by atomic mass is 9.71. The highest BCUT2D eigenvalue weighted by Crippen LogP contribution is 2.36. The van der Waals surface area contributed by atoms with Crippen LogP contribution in [0.25, 0.3) is 0 Å². The maximum absolute atomic E-state index is 12.7. The third kappa shape index (κ3) is 6.14. The van der Waals surface area contributed by atoms with Gasteiger partial charge in [0.15, 0.2) is 0 Å². The van der Waals surface area contributed by atoms with Gasteiger partial charge in [-0.25, -0.2) is 4.79 Å². The summed E-state index contributed by atoms with van der Waals surface area (Å²) in [4.78, 5) is 38.2. The van der Waals surface area contributed by atoms with Crippen LogP contribution in [-0.4, -0.2) is 60.6 Å². The van der Waals surface area contributed by atoms with E-state index in [-0.39, 0.29) is 11.8 Å². The number of nitrogens with zero attached hydrogens (tertiary/aromatic N) is 1. The van der Waals surface area contributed by atoms with Crippen LogP contribution in [0.4, 0.5) is 4.79 Å². The summed E-state index contributed by atoms with van der Waals surface area (Å²) in [5.74, 6) is -1.24. The number of rotatable bonds is 6. The average Bonchev–Trinajstić information content (AvgIpc) is 3.09. The lowest BCUT2D eigenvalue weighted by molar-refractivity contribution is -0.146. The molecular formula is C20H33BN2O5. The lowest BCUT2D eigenvalue weighted by Gasteiger charge is -2.34. The van der Waals surface area contributed by atoms with Crippen molar-refractivity contribution in [1.82, 2.24) is 10.2 Å². The monoisotopic (exact) mass is 392 g/mol. The second kappa shape index (κ2) is 9.66. The van der Waals surface area contributed by atoms with Crippen LogP contribution in [0.2, 0.25) is 6.32 Å². The summed E-state index contributed by atoms with van der Waals surface area (Å²) in [6.07, 6.45) is 4.60. The number of amides is 2. The maximum Gasteiger partial charge on any atom is 0.410 e. The third-order valence-electron chi connectivity index (χ3n) is 5.72. The largest absolute Gasteiger partial charge is 0.481 e. The van der Waals surface area contributed by atoms with Crippen LogP contribution in [0.1, 0.15) is 59.3 Å². The van der Waals surface area contributed by atoms with E-state index >= 15 is 0 Å². The molecule has 1 heterocycles. The molecule has 0 aromatic heterocycles. The molecule has 2 amide bonds. The van der Waals surface area contributed by atoms with E-state index in [9.17, 15) is 19.5 Å². The van der Waals surface area contributed by atoms with E-state index in [0.717, 1.165) is 25.7 Å². The minimum atomic E-state index is -0.808. The Kier molecular flexibility index (Phi) is 7.78. The van der Waals surface area contributed by atoms with E-state index < -0.39 is 29.6 Å². The van der Waals surface area contributed by atoms with Gasteiger partial charge in [0.05, 0.1) is 13.8 Å². The average molecular weight is 392 g/mol. The smallest absolute Gasteiger partial charge is 0.410 e. The number of hydrogen-bond donors (Lipinski definition) is 2. The van der Waals surface area contributed by atoms with Crippen LogP contribution in [0.3, 0.4) is 0 Å². The fourth-order valence-electron chi connectivity index (χ4n) is 4.29. The van der Waals surface area contributed by atoms with Crippen molar-refractivity contribution in [3.05, 3.63) is 0 Å². The summed E-state index contributed by atoms with van der Waals surface area (Å²) in [5.41, 5.74) is -0.614. The molecule has 8 heteroatoms. The molecule has 7 nitrogen and oxygen atoms in total. The molecule has 2 N–H and O–H groups in total. The topological polar surface area (TPSA) is 95.9 Å². The predicted molar refractivity (Wildman–Crippen MR) is 106 cm³/mol. The van der Waals surface area contributed by atoms with Crippen molar-refractivity contribution in [2.75, 3.05) is 13.1 Å². The Balaban J connectivity index is 1.91. The number of ether oxygens (including phenoxy) is 1. The molecule has 2 fully saturated rings. The molecule has 1 aliphatic carbocycles. The number of aliphatic carboxylic acids is 1. The van der Waals surface area contributed by atoms with Gasteiger partial charge in [-0.15, -0.1) is 0 Å². The fraction of sp³-hybridized carbons (Fsp3) is 0.850. The van der Waals surface area contributed by atoms with Crippen LogP contribution < -0.4 is 5.32 Å². The lowest BCUT2D eigenvalue weighted by Crippen LogP contribution is -2.49. The number of nitrogens with one attached hydrogen (secondary N) is 1. The molecule has 1 saturated carbocycles. The van der Waals surface area contributed by atoms with Crippen LogP contribution in [0.15, 0.2) is 0 Å². The van der Waals surface area contributed by atoms with Crippen molar-refractivity contribution in [2.24, 2.45) is 17.8 Å². The quantitative estimate of drug-likeness (QED) is 0.678. The number of likely N-dealkylation sites (tertiary alicyclic amines) is 1. The van der Waals surface area contributed by atoms with Crippen LogP contribution in [0.5, 0.6) is 0 Å². The molecular weight excluding hydrogens is 359 g/mol. The Morgan fingerprint density at radius 3 is 2.54 bits per heavy atom. The Bertz CT molecular complexity index is 577. The first kappa shape index (κ1) is 22.6. The molecule has 0 bridgehead atoms. The second-order valence-corrected chi connectivity index (χ2v) is 9.04.